The molecular weight excluding hydrogens is 304 g/mol. The molecule has 0 atom stereocenters. The summed E-state index contributed by atoms with van der Waals surface area (Å²) in [6.07, 6.45) is 0. The van der Waals surface area contributed by atoms with Crippen LogP contribution in [0.3, 0.4) is 0 Å². The molecule has 0 heterocycles. The van der Waals surface area contributed by atoms with E-state index in [2.05, 4.69) is 21.2 Å². The molecule has 94 valence electrons. The number of carbonyl (C=O) groups excluding carboxylic acids is 1. The largest absolute Gasteiger partial charge is 0.375 e. The number of amides is 1. The van der Waals surface area contributed by atoms with Crippen LogP contribution in [0, 0.1) is 0 Å². The lowest BCUT2D eigenvalue weighted by Crippen LogP contribution is -2.37. The van der Waals surface area contributed by atoms with Crippen molar-refractivity contribution in [3.05, 3.63) is 27.7 Å². The number of likely N-dealkylation sites (N-methyl/N-ethyl adjacent to an activating group) is 1. The van der Waals surface area contributed by atoms with Crippen LogP contribution in [0.5, 0.6) is 0 Å². The number of anilines is 1. The summed E-state index contributed by atoms with van der Waals surface area (Å²) in [5.74, 6) is 0.0407. The molecule has 0 saturated heterocycles. The van der Waals surface area contributed by atoms with Gasteiger partial charge in [-0.25, -0.2) is 0 Å². The van der Waals surface area contributed by atoms with Crippen LogP contribution in [0.25, 0.3) is 0 Å². The molecule has 0 saturated carbocycles. The maximum Gasteiger partial charge on any atom is 0.241 e. The average molecular weight is 320 g/mol. The molecule has 0 fully saturated rings. The van der Waals surface area contributed by atoms with Gasteiger partial charge in [0.05, 0.1) is 17.3 Å². The SMILES string of the molecule is CC(C)N(C)C(=O)CNc1ccc(Br)cc1Cl. The zero-order chi connectivity index (χ0) is 13.0. The fraction of sp³-hybridized carbons (Fsp3) is 0.417. The summed E-state index contributed by atoms with van der Waals surface area (Å²) < 4.78 is 0.915. The number of nitrogens with one attached hydrogen (secondary N) is 1. The molecule has 1 N–H and O–H groups in total. The summed E-state index contributed by atoms with van der Waals surface area (Å²) in [5.41, 5.74) is 0.764. The number of hydrogen-bond donors (Lipinski definition) is 1. The van der Waals surface area contributed by atoms with E-state index in [0.29, 0.717) is 5.02 Å². The van der Waals surface area contributed by atoms with Crippen LogP contribution in [0.15, 0.2) is 22.7 Å². The standard InChI is InChI=1S/C12H16BrClN2O/c1-8(2)16(3)12(17)7-15-11-5-4-9(13)6-10(11)14/h4-6,8,15H,7H2,1-3H3. The van der Waals surface area contributed by atoms with Crippen LogP contribution in [-0.4, -0.2) is 30.4 Å². The Balaban J connectivity index is 2.59. The Hall–Kier alpha value is -0.740. The van der Waals surface area contributed by atoms with Gasteiger partial charge in [-0.15, -0.1) is 0 Å². The van der Waals surface area contributed by atoms with Crippen molar-refractivity contribution in [2.75, 3.05) is 18.9 Å². The Bertz CT molecular complexity index is 409. The minimum atomic E-state index is 0.0407. The minimum Gasteiger partial charge on any atom is -0.375 e. The molecule has 1 aromatic rings. The van der Waals surface area contributed by atoms with Crippen LogP contribution >= 0.6 is 27.5 Å². The van der Waals surface area contributed by atoms with E-state index >= 15 is 0 Å². The molecule has 3 nitrogen and oxygen atoms in total. The van der Waals surface area contributed by atoms with Crippen LogP contribution in [-0.2, 0) is 4.79 Å². The highest BCUT2D eigenvalue weighted by atomic mass is 79.9. The number of rotatable bonds is 4. The first-order valence-electron chi connectivity index (χ1n) is 5.36. The first kappa shape index (κ1) is 14.3. The van der Waals surface area contributed by atoms with E-state index in [4.69, 9.17) is 11.6 Å². The van der Waals surface area contributed by atoms with Crippen molar-refractivity contribution >= 4 is 39.1 Å². The molecule has 0 unspecified atom stereocenters. The fourth-order valence-corrected chi connectivity index (χ4v) is 1.96. The predicted molar refractivity (Wildman–Crippen MR) is 75.5 cm³/mol. The summed E-state index contributed by atoms with van der Waals surface area (Å²) >= 11 is 9.37. The van der Waals surface area contributed by atoms with Crippen molar-refractivity contribution in [2.45, 2.75) is 19.9 Å². The molecule has 5 heteroatoms. The number of halogens is 2. The Labute approximate surface area is 115 Å². The summed E-state index contributed by atoms with van der Waals surface area (Å²) in [4.78, 5) is 13.4. The van der Waals surface area contributed by atoms with Gasteiger partial charge in [-0.05, 0) is 32.0 Å². The Morgan fingerprint density at radius 1 is 1.53 bits per heavy atom. The molecule has 0 radical (unpaired) electrons. The van der Waals surface area contributed by atoms with E-state index in [1.165, 1.54) is 0 Å². The fourth-order valence-electron chi connectivity index (χ4n) is 1.22. The second kappa shape index (κ2) is 6.26. The van der Waals surface area contributed by atoms with Gasteiger partial charge in [-0.2, -0.15) is 0 Å². The topological polar surface area (TPSA) is 32.3 Å². The normalized spacial score (nSPS) is 10.5. The summed E-state index contributed by atoms with van der Waals surface area (Å²) in [6.45, 7) is 4.20. The molecule has 0 spiro atoms. The summed E-state index contributed by atoms with van der Waals surface area (Å²) in [7, 11) is 1.79. The minimum absolute atomic E-state index is 0.0407. The Morgan fingerprint density at radius 3 is 2.71 bits per heavy atom. The molecule has 0 aliphatic carbocycles. The Morgan fingerprint density at radius 2 is 2.18 bits per heavy atom. The van der Waals surface area contributed by atoms with Crippen LogP contribution < -0.4 is 5.32 Å². The van der Waals surface area contributed by atoms with E-state index < -0.39 is 0 Å². The Kier molecular flexibility index (Phi) is 5.28. The van der Waals surface area contributed by atoms with Gasteiger partial charge in [-0.1, -0.05) is 27.5 Å². The smallest absolute Gasteiger partial charge is 0.241 e. The van der Waals surface area contributed by atoms with Crippen molar-refractivity contribution in [1.29, 1.82) is 0 Å². The van der Waals surface area contributed by atoms with E-state index in [1.54, 1.807) is 18.0 Å². The number of benzene rings is 1. The van der Waals surface area contributed by atoms with Gasteiger partial charge >= 0.3 is 0 Å². The lowest BCUT2D eigenvalue weighted by molar-refractivity contribution is -0.129. The van der Waals surface area contributed by atoms with Crippen molar-refractivity contribution in [3.8, 4) is 0 Å². The molecule has 1 amide bonds. The van der Waals surface area contributed by atoms with Crippen molar-refractivity contribution in [3.63, 3.8) is 0 Å². The van der Waals surface area contributed by atoms with E-state index in [0.717, 1.165) is 10.2 Å². The van der Waals surface area contributed by atoms with Gasteiger partial charge in [0.15, 0.2) is 0 Å². The average Bonchev–Trinajstić information content (AvgIpc) is 2.26. The predicted octanol–water partition coefficient (Wildman–Crippen LogP) is 3.38. The zero-order valence-corrected chi connectivity index (χ0v) is 12.5. The molecule has 1 rings (SSSR count). The van der Waals surface area contributed by atoms with E-state index in [-0.39, 0.29) is 18.5 Å². The molecule has 17 heavy (non-hydrogen) atoms. The van der Waals surface area contributed by atoms with Crippen molar-refractivity contribution < 1.29 is 4.79 Å². The van der Waals surface area contributed by atoms with Gasteiger partial charge in [0, 0.05) is 17.6 Å². The molecule has 0 aliphatic rings. The first-order chi connectivity index (χ1) is 7.91. The van der Waals surface area contributed by atoms with E-state index in [1.807, 2.05) is 26.0 Å². The second-order valence-corrected chi connectivity index (χ2v) is 5.40. The van der Waals surface area contributed by atoms with Crippen molar-refractivity contribution in [2.24, 2.45) is 0 Å². The number of carbonyl (C=O) groups is 1. The second-order valence-electron chi connectivity index (χ2n) is 4.08. The van der Waals surface area contributed by atoms with Gasteiger partial charge in [-0.3, -0.25) is 4.79 Å². The summed E-state index contributed by atoms with van der Waals surface area (Å²) in [6, 6.07) is 5.71. The van der Waals surface area contributed by atoms with Crippen LogP contribution in [0.4, 0.5) is 5.69 Å². The monoisotopic (exact) mass is 318 g/mol. The number of nitrogens with zero attached hydrogens (tertiary/aromatic N) is 1. The molecule has 0 aromatic heterocycles. The quantitative estimate of drug-likeness (QED) is 0.922. The van der Waals surface area contributed by atoms with E-state index in [9.17, 15) is 4.79 Å². The molecule has 0 aliphatic heterocycles. The third-order valence-electron chi connectivity index (χ3n) is 2.53. The third-order valence-corrected chi connectivity index (χ3v) is 3.34. The van der Waals surface area contributed by atoms with Gasteiger partial charge in [0.1, 0.15) is 0 Å². The summed E-state index contributed by atoms with van der Waals surface area (Å²) in [5, 5.41) is 3.63. The highest BCUT2D eigenvalue weighted by molar-refractivity contribution is 9.10. The van der Waals surface area contributed by atoms with Gasteiger partial charge < -0.3 is 10.2 Å². The molecule has 1 aromatic carbocycles. The van der Waals surface area contributed by atoms with Crippen molar-refractivity contribution in [1.82, 2.24) is 4.90 Å². The maximum absolute atomic E-state index is 11.7. The first-order valence-corrected chi connectivity index (χ1v) is 6.53. The lowest BCUT2D eigenvalue weighted by Gasteiger charge is -2.22. The lowest BCUT2D eigenvalue weighted by atomic mass is 10.3. The molecular formula is C12H16BrClN2O. The van der Waals surface area contributed by atoms with Crippen LogP contribution in [0.2, 0.25) is 5.02 Å². The zero-order valence-electron chi connectivity index (χ0n) is 10.1. The third kappa shape index (κ3) is 4.21. The highest BCUT2D eigenvalue weighted by Crippen LogP contribution is 2.25. The molecule has 0 bridgehead atoms. The van der Waals surface area contributed by atoms with Gasteiger partial charge in [0.25, 0.3) is 0 Å². The van der Waals surface area contributed by atoms with Gasteiger partial charge in [0.2, 0.25) is 5.91 Å². The van der Waals surface area contributed by atoms with Crippen LogP contribution in [0.1, 0.15) is 13.8 Å². The highest BCUT2D eigenvalue weighted by Gasteiger charge is 2.11. The number of hydrogen-bond acceptors (Lipinski definition) is 2. The maximum atomic E-state index is 11.7.